The Labute approximate surface area is 164 Å². The van der Waals surface area contributed by atoms with E-state index >= 15 is 0 Å². The molecule has 0 unspecified atom stereocenters. The predicted molar refractivity (Wildman–Crippen MR) is 101 cm³/mol. The lowest BCUT2D eigenvalue weighted by atomic mass is 10.1. The number of carbonyl (C=O) groups excluding carboxylic acids is 3. The third-order valence-corrected chi connectivity index (χ3v) is 4.02. The first kappa shape index (κ1) is 19.9. The number of aryl methyl sites for hydroxylation is 1. The Morgan fingerprint density at radius 2 is 1.83 bits per heavy atom. The fourth-order valence-electron chi connectivity index (χ4n) is 2.58. The number of nitrogens with one attached hydrogen (secondary N) is 2. The Morgan fingerprint density at radius 1 is 1.10 bits per heavy atom. The van der Waals surface area contributed by atoms with E-state index in [9.17, 15) is 18.8 Å². The van der Waals surface area contributed by atoms with Crippen molar-refractivity contribution in [3.8, 4) is 5.75 Å². The van der Waals surface area contributed by atoms with Gasteiger partial charge in [-0.1, -0.05) is 0 Å². The van der Waals surface area contributed by atoms with Crippen molar-refractivity contribution >= 4 is 34.6 Å². The van der Waals surface area contributed by atoms with Crippen LogP contribution in [0.3, 0.4) is 0 Å². The summed E-state index contributed by atoms with van der Waals surface area (Å²) in [5.74, 6) is -1.72. The Hall–Kier alpha value is -3.88. The zero-order chi connectivity index (χ0) is 21.0. The maximum absolute atomic E-state index is 13.3. The van der Waals surface area contributed by atoms with E-state index in [1.807, 2.05) is 5.32 Å². The summed E-state index contributed by atoms with van der Waals surface area (Å²) < 4.78 is 28.6. The number of amides is 3. The number of fused-ring (bicyclic) bond motifs is 1. The number of esters is 1. The number of carbonyl (C=O) groups is 3. The molecule has 150 valence electrons. The highest BCUT2D eigenvalue weighted by atomic mass is 19.1. The molecule has 1 heterocycles. The van der Waals surface area contributed by atoms with E-state index in [1.54, 1.807) is 31.2 Å². The predicted octanol–water partition coefficient (Wildman–Crippen LogP) is 3.39. The normalized spacial score (nSPS) is 10.4. The Kier molecular flexibility index (Phi) is 5.77. The quantitative estimate of drug-likeness (QED) is 0.636. The van der Waals surface area contributed by atoms with Crippen molar-refractivity contribution in [1.82, 2.24) is 5.32 Å². The van der Waals surface area contributed by atoms with Crippen LogP contribution in [0.1, 0.15) is 16.1 Å². The molecule has 0 spiro atoms. The number of urea groups is 1. The van der Waals surface area contributed by atoms with Crippen LogP contribution in [0.4, 0.5) is 14.9 Å². The van der Waals surface area contributed by atoms with Gasteiger partial charge in [-0.3, -0.25) is 10.1 Å². The van der Waals surface area contributed by atoms with Crippen LogP contribution in [0.5, 0.6) is 5.75 Å². The van der Waals surface area contributed by atoms with E-state index in [0.29, 0.717) is 28.0 Å². The number of furan rings is 1. The number of imide groups is 1. The second kappa shape index (κ2) is 8.42. The highest BCUT2D eigenvalue weighted by Gasteiger charge is 2.21. The van der Waals surface area contributed by atoms with E-state index < -0.39 is 30.3 Å². The zero-order valence-corrected chi connectivity index (χ0v) is 15.6. The molecular weight excluding hydrogens is 383 g/mol. The molecule has 0 saturated carbocycles. The molecule has 2 N–H and O–H groups in total. The van der Waals surface area contributed by atoms with Crippen LogP contribution in [0.15, 0.2) is 46.9 Å². The van der Waals surface area contributed by atoms with E-state index in [1.165, 1.54) is 25.3 Å². The number of halogens is 1. The summed E-state index contributed by atoms with van der Waals surface area (Å²) in [4.78, 5) is 35.8. The molecule has 0 radical (unpaired) electrons. The molecule has 9 heteroatoms. The second-order valence-corrected chi connectivity index (χ2v) is 6.00. The summed E-state index contributed by atoms with van der Waals surface area (Å²) in [5, 5.41) is 4.92. The van der Waals surface area contributed by atoms with Gasteiger partial charge in [0.2, 0.25) is 5.76 Å². The first-order chi connectivity index (χ1) is 13.9. The summed E-state index contributed by atoms with van der Waals surface area (Å²) in [6.45, 7) is 0.879. The molecule has 0 saturated heterocycles. The van der Waals surface area contributed by atoms with Crippen molar-refractivity contribution in [3.05, 3.63) is 59.6 Å². The number of ether oxygens (including phenoxy) is 2. The molecule has 0 fully saturated rings. The minimum Gasteiger partial charge on any atom is -0.497 e. The number of methoxy groups -OCH3 is 1. The number of anilines is 1. The number of rotatable bonds is 5. The van der Waals surface area contributed by atoms with Crippen LogP contribution < -0.4 is 15.4 Å². The Bertz CT molecular complexity index is 1070. The zero-order valence-electron chi connectivity index (χ0n) is 15.6. The van der Waals surface area contributed by atoms with Crippen molar-refractivity contribution in [1.29, 1.82) is 0 Å². The largest absolute Gasteiger partial charge is 0.497 e. The minimum absolute atomic E-state index is 0.138. The van der Waals surface area contributed by atoms with Crippen molar-refractivity contribution in [2.45, 2.75) is 6.92 Å². The van der Waals surface area contributed by atoms with Crippen molar-refractivity contribution in [2.24, 2.45) is 0 Å². The fourth-order valence-corrected chi connectivity index (χ4v) is 2.58. The van der Waals surface area contributed by atoms with Gasteiger partial charge in [0.15, 0.2) is 6.61 Å². The third-order valence-electron chi connectivity index (χ3n) is 4.02. The van der Waals surface area contributed by atoms with Gasteiger partial charge in [0, 0.05) is 16.6 Å². The molecule has 2 aromatic carbocycles. The van der Waals surface area contributed by atoms with Crippen LogP contribution in [-0.2, 0) is 9.53 Å². The Morgan fingerprint density at radius 3 is 2.52 bits per heavy atom. The van der Waals surface area contributed by atoms with Gasteiger partial charge in [-0.2, -0.15) is 0 Å². The van der Waals surface area contributed by atoms with Gasteiger partial charge in [0.1, 0.15) is 17.1 Å². The van der Waals surface area contributed by atoms with E-state index in [4.69, 9.17) is 13.9 Å². The lowest BCUT2D eigenvalue weighted by molar-refractivity contribution is -0.123. The maximum atomic E-state index is 13.3. The SMILES string of the molecule is COc1ccc(NC(=O)NC(=O)COC(=O)c2oc3ccc(F)cc3c2C)cc1. The van der Waals surface area contributed by atoms with Gasteiger partial charge in [0.25, 0.3) is 5.91 Å². The monoisotopic (exact) mass is 400 g/mol. The standard InChI is InChI=1S/C20H17FN2O6/c1-11-15-9-12(21)3-8-16(15)29-18(11)19(25)28-10-17(24)23-20(26)22-13-4-6-14(27-2)7-5-13/h3-9H,10H2,1-2H3,(H2,22,23,24,26). The van der Waals surface area contributed by atoms with E-state index in [-0.39, 0.29) is 5.76 Å². The van der Waals surface area contributed by atoms with Crippen LogP contribution in [0.25, 0.3) is 11.0 Å². The smallest absolute Gasteiger partial charge is 0.375 e. The molecule has 0 atom stereocenters. The molecule has 29 heavy (non-hydrogen) atoms. The van der Waals surface area contributed by atoms with Gasteiger partial charge in [-0.15, -0.1) is 0 Å². The lowest BCUT2D eigenvalue weighted by Gasteiger charge is -2.08. The van der Waals surface area contributed by atoms with Gasteiger partial charge >= 0.3 is 12.0 Å². The highest BCUT2D eigenvalue weighted by Crippen LogP contribution is 2.26. The molecule has 3 amide bonds. The summed E-state index contributed by atoms with van der Waals surface area (Å²) in [6.07, 6.45) is 0. The molecule has 3 rings (SSSR count). The fraction of sp³-hybridized carbons (Fsp3) is 0.150. The average molecular weight is 400 g/mol. The summed E-state index contributed by atoms with van der Waals surface area (Å²) in [5.41, 5.74) is 1.15. The lowest BCUT2D eigenvalue weighted by Crippen LogP contribution is -2.37. The van der Waals surface area contributed by atoms with Gasteiger partial charge in [-0.25, -0.2) is 14.0 Å². The summed E-state index contributed by atoms with van der Waals surface area (Å²) >= 11 is 0. The maximum Gasteiger partial charge on any atom is 0.375 e. The molecule has 1 aromatic heterocycles. The first-order valence-corrected chi connectivity index (χ1v) is 8.48. The molecule has 0 bridgehead atoms. The van der Waals surface area contributed by atoms with Crippen LogP contribution in [0, 0.1) is 12.7 Å². The topological polar surface area (TPSA) is 107 Å². The van der Waals surface area contributed by atoms with Crippen molar-refractivity contribution < 1.29 is 32.7 Å². The van der Waals surface area contributed by atoms with Crippen LogP contribution in [-0.4, -0.2) is 31.6 Å². The van der Waals surface area contributed by atoms with Gasteiger partial charge < -0.3 is 19.2 Å². The second-order valence-electron chi connectivity index (χ2n) is 6.00. The first-order valence-electron chi connectivity index (χ1n) is 8.48. The molecule has 0 aliphatic rings. The van der Waals surface area contributed by atoms with E-state index in [0.717, 1.165) is 0 Å². The summed E-state index contributed by atoms with van der Waals surface area (Å²) in [7, 11) is 1.51. The highest BCUT2D eigenvalue weighted by molar-refractivity contribution is 6.02. The molecular formula is C20H17FN2O6. The van der Waals surface area contributed by atoms with Gasteiger partial charge in [-0.05, 0) is 49.4 Å². The average Bonchev–Trinajstić information content (AvgIpc) is 3.03. The van der Waals surface area contributed by atoms with Gasteiger partial charge in [0.05, 0.1) is 7.11 Å². The number of hydrogen-bond donors (Lipinski definition) is 2. The van der Waals surface area contributed by atoms with Crippen molar-refractivity contribution in [2.75, 3.05) is 19.0 Å². The number of benzene rings is 2. The molecule has 0 aliphatic carbocycles. The van der Waals surface area contributed by atoms with E-state index in [2.05, 4.69) is 5.32 Å². The Balaban J connectivity index is 1.54. The number of hydrogen-bond acceptors (Lipinski definition) is 6. The van der Waals surface area contributed by atoms with Crippen LogP contribution >= 0.6 is 0 Å². The minimum atomic E-state index is -0.898. The van der Waals surface area contributed by atoms with Crippen molar-refractivity contribution in [3.63, 3.8) is 0 Å². The molecule has 8 nitrogen and oxygen atoms in total. The van der Waals surface area contributed by atoms with Crippen LogP contribution in [0.2, 0.25) is 0 Å². The summed E-state index contributed by atoms with van der Waals surface area (Å²) in [6, 6.07) is 9.51. The molecule has 3 aromatic rings. The third kappa shape index (κ3) is 4.70. The molecule has 0 aliphatic heterocycles.